The van der Waals surface area contributed by atoms with Gasteiger partial charge in [-0.15, -0.1) is 0 Å². The van der Waals surface area contributed by atoms with Crippen molar-refractivity contribution >= 4 is 11.1 Å². The molecule has 3 heterocycles. The molecule has 0 amide bonds. The number of hydrogen-bond donors (Lipinski definition) is 0. The van der Waals surface area contributed by atoms with Gasteiger partial charge in [0, 0.05) is 25.5 Å². The van der Waals surface area contributed by atoms with Gasteiger partial charge in [0.1, 0.15) is 0 Å². The normalized spacial score (nSPS) is 17.7. The van der Waals surface area contributed by atoms with Crippen molar-refractivity contribution < 1.29 is 0 Å². The molecule has 3 rings (SSSR count). The van der Waals surface area contributed by atoms with E-state index in [-0.39, 0.29) is 0 Å². The summed E-state index contributed by atoms with van der Waals surface area (Å²) < 4.78 is 1.94. The van der Waals surface area contributed by atoms with Gasteiger partial charge in [0.2, 0.25) is 0 Å². The Morgan fingerprint density at radius 3 is 3.00 bits per heavy atom. The van der Waals surface area contributed by atoms with E-state index >= 15 is 0 Å². The molecule has 0 unspecified atom stereocenters. The Morgan fingerprint density at radius 1 is 1.25 bits per heavy atom. The third kappa shape index (κ3) is 1.63. The summed E-state index contributed by atoms with van der Waals surface area (Å²) in [6, 6.07) is 6.34. The summed E-state index contributed by atoms with van der Waals surface area (Å²) in [7, 11) is 2.16. The second-order valence-electron chi connectivity index (χ2n) is 4.36. The quantitative estimate of drug-likeness (QED) is 0.722. The van der Waals surface area contributed by atoms with Crippen LogP contribution in [0.15, 0.2) is 36.7 Å². The fourth-order valence-electron chi connectivity index (χ4n) is 2.14. The molecule has 0 radical (unpaired) electrons. The maximum atomic E-state index is 4.27. The highest BCUT2D eigenvalue weighted by molar-refractivity contribution is 5.67. The Bertz CT molecular complexity index is 539. The van der Waals surface area contributed by atoms with Crippen molar-refractivity contribution in [1.82, 2.24) is 14.5 Å². The van der Waals surface area contributed by atoms with Gasteiger partial charge in [0.05, 0.1) is 5.52 Å². The molecule has 2 aromatic rings. The number of likely N-dealkylation sites (N-methyl/N-ethyl adjacent to an activating group) is 1. The summed E-state index contributed by atoms with van der Waals surface area (Å²) >= 11 is 0. The van der Waals surface area contributed by atoms with E-state index in [9.17, 15) is 0 Å². The highest BCUT2D eigenvalue weighted by Gasteiger charge is 2.09. The van der Waals surface area contributed by atoms with Crippen molar-refractivity contribution in [3.63, 3.8) is 0 Å². The fraction of sp³-hybridized carbons (Fsp3) is 0.308. The molecule has 0 atom stereocenters. The van der Waals surface area contributed by atoms with E-state index in [2.05, 4.69) is 41.5 Å². The molecule has 82 valence electrons. The van der Waals surface area contributed by atoms with Crippen molar-refractivity contribution in [3.8, 4) is 0 Å². The van der Waals surface area contributed by atoms with Crippen LogP contribution in [0.25, 0.3) is 11.1 Å². The third-order valence-corrected chi connectivity index (χ3v) is 3.18. The maximum absolute atomic E-state index is 4.27. The number of pyridine rings is 1. The lowest BCUT2D eigenvalue weighted by atomic mass is 10.0. The van der Waals surface area contributed by atoms with Crippen LogP contribution in [0.1, 0.15) is 12.0 Å². The zero-order valence-electron chi connectivity index (χ0n) is 9.43. The second kappa shape index (κ2) is 3.76. The van der Waals surface area contributed by atoms with Crippen LogP contribution in [0, 0.1) is 0 Å². The molecule has 3 nitrogen and oxygen atoms in total. The lowest BCUT2D eigenvalue weighted by molar-refractivity contribution is 0.370. The number of nitrogens with zero attached hydrogens (tertiary/aromatic N) is 3. The van der Waals surface area contributed by atoms with Crippen molar-refractivity contribution in [2.24, 2.45) is 0 Å². The molecule has 1 aliphatic rings. The van der Waals surface area contributed by atoms with Crippen LogP contribution in [-0.4, -0.2) is 34.7 Å². The maximum Gasteiger partial charge on any atom is 0.0661 e. The van der Waals surface area contributed by atoms with Crippen LogP contribution < -0.4 is 0 Å². The van der Waals surface area contributed by atoms with Gasteiger partial charge in [-0.25, -0.2) is 4.52 Å². The Hall–Kier alpha value is -1.61. The number of fused-ring (bicyclic) bond motifs is 1. The van der Waals surface area contributed by atoms with E-state index in [1.165, 1.54) is 11.1 Å². The van der Waals surface area contributed by atoms with E-state index in [1.54, 1.807) is 0 Å². The van der Waals surface area contributed by atoms with Gasteiger partial charge in [-0.1, -0.05) is 12.1 Å². The van der Waals surface area contributed by atoms with Crippen LogP contribution in [0.3, 0.4) is 0 Å². The SMILES string of the molecule is CN1CC=C(c2ccc3ccnn3c2)CC1. The molecule has 0 saturated heterocycles. The highest BCUT2D eigenvalue weighted by Crippen LogP contribution is 2.21. The van der Waals surface area contributed by atoms with Gasteiger partial charge in [0.15, 0.2) is 0 Å². The summed E-state index contributed by atoms with van der Waals surface area (Å²) in [6.07, 6.45) is 7.39. The largest absolute Gasteiger partial charge is 0.302 e. The predicted octanol–water partition coefficient (Wildman–Crippen LogP) is 2.05. The second-order valence-corrected chi connectivity index (χ2v) is 4.36. The molecule has 0 saturated carbocycles. The lowest BCUT2D eigenvalue weighted by Gasteiger charge is -2.22. The lowest BCUT2D eigenvalue weighted by Crippen LogP contribution is -2.23. The first-order chi connectivity index (χ1) is 7.83. The van der Waals surface area contributed by atoms with Crippen LogP contribution in [0.2, 0.25) is 0 Å². The standard InChI is InChI=1S/C13H15N3/c1-15-8-5-11(6-9-15)12-2-3-13-4-7-14-16(13)10-12/h2-5,7,10H,6,8-9H2,1H3. The van der Waals surface area contributed by atoms with Gasteiger partial charge in [0.25, 0.3) is 0 Å². The zero-order chi connectivity index (χ0) is 11.0. The Kier molecular flexibility index (Phi) is 2.26. The number of aromatic nitrogens is 2. The molecule has 0 aromatic carbocycles. The van der Waals surface area contributed by atoms with Gasteiger partial charge in [-0.3, -0.25) is 0 Å². The molecular weight excluding hydrogens is 198 g/mol. The van der Waals surface area contributed by atoms with Gasteiger partial charge in [-0.05, 0) is 36.7 Å². The average Bonchev–Trinajstić information content (AvgIpc) is 2.77. The minimum atomic E-state index is 1.05. The molecule has 0 spiro atoms. The predicted molar refractivity (Wildman–Crippen MR) is 65.3 cm³/mol. The van der Waals surface area contributed by atoms with Gasteiger partial charge in [-0.2, -0.15) is 5.10 Å². The van der Waals surface area contributed by atoms with E-state index in [1.807, 2.05) is 16.8 Å². The molecule has 3 heteroatoms. The van der Waals surface area contributed by atoms with Crippen LogP contribution in [0.4, 0.5) is 0 Å². The minimum Gasteiger partial charge on any atom is -0.302 e. The Labute approximate surface area is 95.0 Å². The first-order valence-electron chi connectivity index (χ1n) is 5.64. The van der Waals surface area contributed by atoms with E-state index in [4.69, 9.17) is 0 Å². The molecule has 0 N–H and O–H groups in total. The molecule has 0 fully saturated rings. The number of rotatable bonds is 1. The molecule has 1 aliphatic heterocycles. The van der Waals surface area contributed by atoms with Crippen molar-refractivity contribution in [2.75, 3.05) is 20.1 Å². The summed E-state index contributed by atoms with van der Waals surface area (Å²) in [5.41, 5.74) is 3.89. The summed E-state index contributed by atoms with van der Waals surface area (Å²) in [5, 5.41) is 4.27. The molecule has 16 heavy (non-hydrogen) atoms. The van der Waals surface area contributed by atoms with Crippen molar-refractivity contribution in [3.05, 3.63) is 42.2 Å². The first-order valence-corrected chi connectivity index (χ1v) is 5.64. The first kappa shape index (κ1) is 9.60. The van der Waals surface area contributed by atoms with Crippen LogP contribution >= 0.6 is 0 Å². The van der Waals surface area contributed by atoms with Crippen LogP contribution in [0.5, 0.6) is 0 Å². The zero-order valence-corrected chi connectivity index (χ0v) is 9.43. The molecule has 2 aromatic heterocycles. The summed E-state index contributed by atoms with van der Waals surface area (Å²) in [5.74, 6) is 0. The molecular formula is C13H15N3. The van der Waals surface area contributed by atoms with E-state index < -0.39 is 0 Å². The minimum absolute atomic E-state index is 1.05. The molecule has 0 aliphatic carbocycles. The summed E-state index contributed by atoms with van der Waals surface area (Å²) in [6.45, 7) is 2.19. The van der Waals surface area contributed by atoms with E-state index in [0.29, 0.717) is 0 Å². The average molecular weight is 213 g/mol. The Morgan fingerprint density at radius 2 is 2.19 bits per heavy atom. The monoisotopic (exact) mass is 213 g/mol. The van der Waals surface area contributed by atoms with Crippen molar-refractivity contribution in [2.45, 2.75) is 6.42 Å². The highest BCUT2D eigenvalue weighted by atomic mass is 15.2. The number of hydrogen-bond acceptors (Lipinski definition) is 2. The van der Waals surface area contributed by atoms with Crippen LogP contribution in [-0.2, 0) is 0 Å². The third-order valence-electron chi connectivity index (χ3n) is 3.18. The Balaban J connectivity index is 1.99. The van der Waals surface area contributed by atoms with Crippen molar-refractivity contribution in [1.29, 1.82) is 0 Å². The molecule has 0 bridgehead atoms. The van der Waals surface area contributed by atoms with Gasteiger partial charge < -0.3 is 4.90 Å². The fourth-order valence-corrected chi connectivity index (χ4v) is 2.14. The smallest absolute Gasteiger partial charge is 0.0661 e. The topological polar surface area (TPSA) is 20.5 Å². The van der Waals surface area contributed by atoms with E-state index in [0.717, 1.165) is 25.0 Å². The summed E-state index contributed by atoms with van der Waals surface area (Å²) in [4.78, 5) is 2.33. The van der Waals surface area contributed by atoms with Gasteiger partial charge >= 0.3 is 0 Å².